The monoisotopic (exact) mass is 684 g/mol. The van der Waals surface area contributed by atoms with Crippen LogP contribution in [0.3, 0.4) is 0 Å². The fourth-order valence-corrected chi connectivity index (χ4v) is 24.3. The summed E-state index contributed by atoms with van der Waals surface area (Å²) in [6.07, 6.45) is 9.62. The third kappa shape index (κ3) is 9.70. The molecular weight excluding hydrogens is 627 g/mol. The number of hydrogen-bond donors (Lipinski definition) is 0. The summed E-state index contributed by atoms with van der Waals surface area (Å²) in [5.74, 6) is 3.53. The average molecular weight is 684 g/mol. The van der Waals surface area contributed by atoms with Gasteiger partial charge in [0.05, 0.1) is 0 Å². The molecule has 3 rings (SSSR count). The molecule has 0 spiro atoms. The molecule has 0 amide bonds. The van der Waals surface area contributed by atoms with Crippen LogP contribution < -0.4 is 10.4 Å². The summed E-state index contributed by atoms with van der Waals surface area (Å²) in [7, 11) is -2.56. The van der Waals surface area contributed by atoms with Crippen LogP contribution in [-0.2, 0) is 13.9 Å². The quantitative estimate of drug-likeness (QED) is 0.131. The van der Waals surface area contributed by atoms with E-state index in [0.29, 0.717) is 13.2 Å². The van der Waals surface area contributed by atoms with Gasteiger partial charge in [-0.3, -0.25) is 0 Å². The van der Waals surface area contributed by atoms with Gasteiger partial charge in [-0.1, -0.05) is 36.4 Å². The molecule has 3 nitrogen and oxygen atoms in total. The van der Waals surface area contributed by atoms with Crippen molar-refractivity contribution in [2.45, 2.75) is 124 Å². The predicted molar refractivity (Wildman–Crippen MR) is 180 cm³/mol. The van der Waals surface area contributed by atoms with Gasteiger partial charge in [-0.25, -0.2) is 0 Å². The summed E-state index contributed by atoms with van der Waals surface area (Å²) in [4.78, 5) is 0. The molecule has 41 heavy (non-hydrogen) atoms. The number of hydrogen-bond acceptors (Lipinski definition) is 3. The molecule has 0 saturated carbocycles. The van der Waals surface area contributed by atoms with Gasteiger partial charge in [0.2, 0.25) is 0 Å². The Kier molecular flexibility index (Phi) is 14.5. The van der Waals surface area contributed by atoms with Gasteiger partial charge in [-0.2, -0.15) is 0 Å². The normalized spacial score (nSPS) is 17.8. The van der Waals surface area contributed by atoms with E-state index < -0.39 is 26.7 Å². The first-order chi connectivity index (χ1) is 19.8. The number of rotatable bonds is 16. The standard InChI is InChI=1S/C24H29O3Si.3C4H9.Sn/c1-5-18-25-23-17-16-20(27-23)19-26-28(24(2,3)4,21-12-8-6-9-13-21)22-14-10-7-11-15-22;3*1-3-4-2;/h6-15,20,23H,16-19H2,2-4H3;3*1,3-4H2,2H3;/t20-,23-;;;;/m0..../s1. The molecule has 2 aromatic rings. The van der Waals surface area contributed by atoms with Crippen LogP contribution >= 0.6 is 0 Å². The molecule has 2 aromatic carbocycles. The zero-order chi connectivity index (χ0) is 29.6. The minimum atomic E-state index is -2.56. The van der Waals surface area contributed by atoms with Gasteiger partial charge in [-0.05, 0) is 0 Å². The molecule has 0 aliphatic carbocycles. The second kappa shape index (κ2) is 17.3. The maximum absolute atomic E-state index is 7.12. The first-order valence-corrected chi connectivity index (χ1v) is 25.7. The van der Waals surface area contributed by atoms with Crippen LogP contribution in [0.4, 0.5) is 0 Å². The summed E-state index contributed by atoms with van der Waals surface area (Å²) >= 11 is -2.44. The summed E-state index contributed by atoms with van der Waals surface area (Å²) in [6, 6.07) is 21.7. The van der Waals surface area contributed by atoms with E-state index in [1.165, 1.54) is 62.2 Å². The number of benzene rings is 2. The molecule has 1 aliphatic heterocycles. The number of unbranched alkanes of at least 4 members (excludes halogenated alkanes) is 3. The van der Waals surface area contributed by atoms with Gasteiger partial charge >= 0.3 is 222 Å². The van der Waals surface area contributed by atoms with Crippen molar-refractivity contribution in [1.29, 1.82) is 0 Å². The predicted octanol–water partition coefficient (Wildman–Crippen LogP) is 8.48. The molecule has 5 heteroatoms. The van der Waals surface area contributed by atoms with Gasteiger partial charge in [0, 0.05) is 0 Å². The molecule has 0 radical (unpaired) electrons. The zero-order valence-electron chi connectivity index (χ0n) is 26.8. The maximum atomic E-state index is 7.12. The van der Waals surface area contributed by atoms with Crippen molar-refractivity contribution < 1.29 is 13.9 Å². The molecule has 1 fully saturated rings. The van der Waals surface area contributed by atoms with E-state index in [9.17, 15) is 0 Å². The molecule has 0 unspecified atom stereocenters. The third-order valence-corrected chi connectivity index (χ3v) is 26.9. The van der Waals surface area contributed by atoms with Crippen molar-refractivity contribution in [3.05, 3.63) is 60.7 Å². The molecule has 1 saturated heterocycles. The van der Waals surface area contributed by atoms with E-state index in [-0.39, 0.29) is 17.4 Å². The van der Waals surface area contributed by atoms with Crippen LogP contribution in [0, 0.1) is 9.86 Å². The van der Waals surface area contributed by atoms with Crippen molar-refractivity contribution in [2.24, 2.45) is 0 Å². The van der Waals surface area contributed by atoms with Gasteiger partial charge in [-0.15, -0.1) is 0 Å². The molecule has 0 bridgehead atoms. The van der Waals surface area contributed by atoms with Crippen LogP contribution in [0.2, 0.25) is 18.3 Å². The van der Waals surface area contributed by atoms with E-state index in [4.69, 9.17) is 13.9 Å². The van der Waals surface area contributed by atoms with Crippen molar-refractivity contribution in [2.75, 3.05) is 13.2 Å². The second-order valence-corrected chi connectivity index (χ2v) is 29.6. The van der Waals surface area contributed by atoms with Crippen LogP contribution in [0.1, 0.15) is 92.9 Å². The van der Waals surface area contributed by atoms with Gasteiger partial charge in [0.25, 0.3) is 0 Å². The Morgan fingerprint density at radius 1 is 0.805 bits per heavy atom. The first kappa shape index (κ1) is 34.4. The summed E-state index contributed by atoms with van der Waals surface area (Å²) in [5.41, 5.74) is 0. The topological polar surface area (TPSA) is 27.7 Å². The van der Waals surface area contributed by atoms with Crippen molar-refractivity contribution in [1.82, 2.24) is 0 Å². The molecule has 226 valence electrons. The SMILES string of the molecule is CCC[CH2][Sn]([C]#CCO[C@@H]1CC[C@@H](CO[Si](c2ccccc2)(c2ccccc2)C(C)(C)C)O1)([CH2]CCC)[CH2]CCC. The molecule has 2 atom stereocenters. The summed E-state index contributed by atoms with van der Waals surface area (Å²) < 4.78 is 27.9. The Morgan fingerprint density at radius 2 is 1.32 bits per heavy atom. The first-order valence-electron chi connectivity index (χ1n) is 16.3. The third-order valence-electron chi connectivity index (χ3n) is 8.69. The Balaban J connectivity index is 1.65. The van der Waals surface area contributed by atoms with Crippen LogP contribution in [0.25, 0.3) is 0 Å². The Bertz CT molecular complexity index is 996. The fraction of sp³-hybridized carbons (Fsp3) is 0.611. The molecule has 1 heterocycles. The van der Waals surface area contributed by atoms with Gasteiger partial charge < -0.3 is 0 Å². The fourth-order valence-electron chi connectivity index (χ4n) is 6.36. The molecule has 1 aliphatic rings. The van der Waals surface area contributed by atoms with Crippen LogP contribution in [-0.4, -0.2) is 52.3 Å². The number of ether oxygens (including phenoxy) is 2. The summed E-state index contributed by atoms with van der Waals surface area (Å²) in [5, 5.41) is 2.58. The Labute approximate surface area is 257 Å². The van der Waals surface area contributed by atoms with E-state index in [1.807, 2.05) is 0 Å². The molecular formula is C36H56O3SiSn. The van der Waals surface area contributed by atoms with E-state index in [1.54, 1.807) is 0 Å². The van der Waals surface area contributed by atoms with Gasteiger partial charge in [0.1, 0.15) is 0 Å². The van der Waals surface area contributed by atoms with Gasteiger partial charge in [0.15, 0.2) is 0 Å². The Morgan fingerprint density at radius 3 is 1.78 bits per heavy atom. The Hall–Kier alpha value is -1.10. The molecule has 0 N–H and O–H groups in total. The van der Waals surface area contributed by atoms with Crippen molar-refractivity contribution in [3.8, 4) is 9.86 Å². The zero-order valence-corrected chi connectivity index (χ0v) is 30.7. The van der Waals surface area contributed by atoms with Crippen LogP contribution in [0.5, 0.6) is 0 Å². The van der Waals surface area contributed by atoms with Crippen molar-refractivity contribution >= 4 is 37.1 Å². The van der Waals surface area contributed by atoms with Crippen LogP contribution in [0.15, 0.2) is 60.7 Å². The van der Waals surface area contributed by atoms with E-state index in [2.05, 4.69) is 112 Å². The molecule has 0 aromatic heterocycles. The van der Waals surface area contributed by atoms with Crippen molar-refractivity contribution in [3.63, 3.8) is 0 Å². The summed E-state index contributed by atoms with van der Waals surface area (Å²) in [6.45, 7) is 15.0. The van der Waals surface area contributed by atoms with E-state index >= 15 is 0 Å². The average Bonchev–Trinajstić information content (AvgIpc) is 3.44. The minimum absolute atomic E-state index is 0.0362. The van der Waals surface area contributed by atoms with E-state index in [0.717, 1.165) is 12.8 Å². The second-order valence-electron chi connectivity index (χ2n) is 12.9.